The van der Waals surface area contributed by atoms with Gasteiger partial charge in [0.05, 0.1) is 13.2 Å². The van der Waals surface area contributed by atoms with E-state index in [1.807, 2.05) is 29.8 Å². The van der Waals surface area contributed by atoms with E-state index < -0.39 is 0 Å². The number of guanidine groups is 1. The fraction of sp³-hybridized carbons (Fsp3) is 0.609. The minimum absolute atomic E-state index is 0. The third kappa shape index (κ3) is 8.84. The lowest BCUT2D eigenvalue weighted by Crippen LogP contribution is -2.31. The second-order valence-electron chi connectivity index (χ2n) is 7.91. The molecule has 1 aromatic carbocycles. The highest BCUT2D eigenvalue weighted by molar-refractivity contribution is 14.0. The summed E-state index contributed by atoms with van der Waals surface area (Å²) in [6, 6.07) is 5.90. The number of nitrogens with zero attached hydrogens (tertiary/aromatic N) is 4. The number of hydrogen-bond acceptors (Lipinski definition) is 5. The van der Waals surface area contributed by atoms with Crippen LogP contribution in [0.3, 0.4) is 0 Å². The average Bonchev–Trinajstić information content (AvgIpc) is 3.04. The van der Waals surface area contributed by atoms with Crippen LogP contribution in [0.2, 0.25) is 0 Å². The first kappa shape index (κ1) is 26.2. The summed E-state index contributed by atoms with van der Waals surface area (Å²) in [6.45, 7) is 4.93. The Morgan fingerprint density at radius 1 is 1.06 bits per heavy atom. The fourth-order valence-electron chi connectivity index (χ4n) is 3.41. The highest BCUT2D eigenvalue weighted by Gasteiger charge is 2.11. The topological polar surface area (TPSA) is 85.6 Å². The van der Waals surface area contributed by atoms with Crippen LogP contribution in [0.25, 0.3) is 0 Å². The van der Waals surface area contributed by atoms with Crippen LogP contribution in [0.1, 0.15) is 64.1 Å². The number of unbranched alkanes of at least 4 members (excludes halogenated alkanes) is 6. The summed E-state index contributed by atoms with van der Waals surface area (Å²) in [5.41, 5.74) is 0.910. The van der Waals surface area contributed by atoms with Gasteiger partial charge < -0.3 is 24.7 Å². The van der Waals surface area contributed by atoms with E-state index in [2.05, 4.69) is 27.8 Å². The second kappa shape index (κ2) is 14.9. The van der Waals surface area contributed by atoms with Crippen molar-refractivity contribution in [3.05, 3.63) is 30.4 Å². The standard InChI is InChI=1S/C23H36N6O2.HI/c1-3-4-5-6-7-8-9-13-24-23(25-17-22-28-26-18-29(22)2)27-19-11-12-20-21(16-19)31-15-10-14-30-20;/h11-12,16,18H,3-10,13-15,17H2,1-2H3,(H2,24,25,27);1H. The van der Waals surface area contributed by atoms with E-state index >= 15 is 0 Å². The second-order valence-corrected chi connectivity index (χ2v) is 7.91. The Balaban J connectivity index is 0.00000363. The van der Waals surface area contributed by atoms with Crippen molar-refractivity contribution in [3.63, 3.8) is 0 Å². The van der Waals surface area contributed by atoms with E-state index in [1.165, 1.54) is 38.5 Å². The number of aryl methyl sites for hydroxylation is 1. The van der Waals surface area contributed by atoms with Gasteiger partial charge in [-0.3, -0.25) is 0 Å². The zero-order chi connectivity index (χ0) is 21.7. The van der Waals surface area contributed by atoms with Crippen LogP contribution < -0.4 is 20.1 Å². The lowest BCUT2D eigenvalue weighted by molar-refractivity contribution is 0.297. The summed E-state index contributed by atoms with van der Waals surface area (Å²) < 4.78 is 13.4. The molecule has 0 spiro atoms. The molecule has 3 rings (SSSR count). The number of anilines is 1. The first-order valence-electron chi connectivity index (χ1n) is 11.5. The number of rotatable bonds is 11. The number of halogens is 1. The number of aliphatic imine (C=N–C) groups is 1. The zero-order valence-corrected chi connectivity index (χ0v) is 21.6. The molecule has 0 amide bonds. The van der Waals surface area contributed by atoms with Crippen molar-refractivity contribution in [2.24, 2.45) is 12.0 Å². The fourth-order valence-corrected chi connectivity index (χ4v) is 3.41. The predicted molar refractivity (Wildman–Crippen MR) is 139 cm³/mol. The molecular formula is C23H37IN6O2. The van der Waals surface area contributed by atoms with Crippen LogP contribution in [0, 0.1) is 0 Å². The maximum absolute atomic E-state index is 5.81. The van der Waals surface area contributed by atoms with Crippen LogP contribution in [-0.2, 0) is 13.6 Å². The lowest BCUT2D eigenvalue weighted by atomic mass is 10.1. The van der Waals surface area contributed by atoms with Gasteiger partial charge in [-0.25, -0.2) is 4.99 Å². The molecule has 178 valence electrons. The van der Waals surface area contributed by atoms with Crippen molar-refractivity contribution < 1.29 is 9.47 Å². The van der Waals surface area contributed by atoms with E-state index in [-0.39, 0.29) is 24.0 Å². The van der Waals surface area contributed by atoms with Gasteiger partial charge >= 0.3 is 0 Å². The Bertz CT molecular complexity index is 827. The molecule has 2 aromatic rings. The molecule has 1 aliphatic rings. The molecule has 1 aromatic heterocycles. The van der Waals surface area contributed by atoms with E-state index in [0.717, 1.165) is 48.4 Å². The molecular weight excluding hydrogens is 519 g/mol. The van der Waals surface area contributed by atoms with Crippen LogP contribution in [-0.4, -0.2) is 40.5 Å². The molecule has 0 fully saturated rings. The van der Waals surface area contributed by atoms with Crippen LogP contribution >= 0.6 is 24.0 Å². The molecule has 0 unspecified atom stereocenters. The molecule has 2 heterocycles. The van der Waals surface area contributed by atoms with Crippen molar-refractivity contribution >= 4 is 35.6 Å². The predicted octanol–water partition coefficient (Wildman–Crippen LogP) is 4.90. The summed E-state index contributed by atoms with van der Waals surface area (Å²) in [5, 5.41) is 14.9. The third-order valence-corrected chi connectivity index (χ3v) is 5.27. The molecule has 9 heteroatoms. The smallest absolute Gasteiger partial charge is 0.196 e. The summed E-state index contributed by atoms with van der Waals surface area (Å²) in [6.07, 6.45) is 11.5. The maximum Gasteiger partial charge on any atom is 0.196 e. The first-order valence-corrected chi connectivity index (χ1v) is 11.5. The highest BCUT2D eigenvalue weighted by atomic mass is 127. The number of fused-ring (bicyclic) bond motifs is 1. The SMILES string of the molecule is CCCCCCCCCNC(=NCc1nncn1C)Nc1ccc2c(c1)OCCCO2.I. The third-order valence-electron chi connectivity index (χ3n) is 5.27. The molecule has 0 saturated heterocycles. The largest absolute Gasteiger partial charge is 0.490 e. The Kier molecular flexibility index (Phi) is 12.2. The Labute approximate surface area is 208 Å². The van der Waals surface area contributed by atoms with Crippen molar-refractivity contribution in [1.29, 1.82) is 0 Å². The molecule has 1 aliphatic heterocycles. The normalized spacial score (nSPS) is 13.2. The van der Waals surface area contributed by atoms with E-state index in [4.69, 9.17) is 14.5 Å². The quantitative estimate of drug-likeness (QED) is 0.177. The first-order chi connectivity index (χ1) is 15.3. The van der Waals surface area contributed by atoms with E-state index in [0.29, 0.717) is 19.8 Å². The van der Waals surface area contributed by atoms with Gasteiger partial charge in [0, 0.05) is 31.8 Å². The maximum atomic E-state index is 5.81. The van der Waals surface area contributed by atoms with Crippen molar-refractivity contribution in [2.75, 3.05) is 25.1 Å². The monoisotopic (exact) mass is 556 g/mol. The Hall–Kier alpha value is -2.04. The summed E-state index contributed by atoms with van der Waals surface area (Å²) in [4.78, 5) is 4.71. The van der Waals surface area contributed by atoms with Crippen LogP contribution in [0.5, 0.6) is 11.5 Å². The van der Waals surface area contributed by atoms with Gasteiger partial charge in [-0.05, 0) is 18.6 Å². The molecule has 2 N–H and O–H groups in total. The summed E-state index contributed by atoms with van der Waals surface area (Å²) in [5.74, 6) is 3.10. The number of hydrogen-bond donors (Lipinski definition) is 2. The minimum Gasteiger partial charge on any atom is -0.490 e. The van der Waals surface area contributed by atoms with Gasteiger partial charge in [-0.15, -0.1) is 34.2 Å². The van der Waals surface area contributed by atoms with Crippen LogP contribution in [0.15, 0.2) is 29.5 Å². The molecule has 0 radical (unpaired) electrons. The summed E-state index contributed by atoms with van der Waals surface area (Å²) in [7, 11) is 1.92. The van der Waals surface area contributed by atoms with Crippen molar-refractivity contribution in [2.45, 2.75) is 64.8 Å². The molecule has 32 heavy (non-hydrogen) atoms. The van der Waals surface area contributed by atoms with Gasteiger partial charge in [0.25, 0.3) is 0 Å². The van der Waals surface area contributed by atoms with Gasteiger partial charge in [-0.1, -0.05) is 45.4 Å². The van der Waals surface area contributed by atoms with Gasteiger partial charge in [0.15, 0.2) is 23.3 Å². The molecule has 0 bridgehead atoms. The molecule has 0 saturated carbocycles. The van der Waals surface area contributed by atoms with Gasteiger partial charge in [0.1, 0.15) is 12.9 Å². The summed E-state index contributed by atoms with van der Waals surface area (Å²) >= 11 is 0. The average molecular weight is 556 g/mol. The number of aromatic nitrogens is 3. The van der Waals surface area contributed by atoms with Crippen LogP contribution in [0.4, 0.5) is 5.69 Å². The molecule has 0 atom stereocenters. The number of benzene rings is 1. The number of nitrogens with one attached hydrogen (secondary N) is 2. The van der Waals surface area contributed by atoms with E-state index in [1.54, 1.807) is 6.33 Å². The van der Waals surface area contributed by atoms with Gasteiger partial charge in [0.2, 0.25) is 0 Å². The zero-order valence-electron chi connectivity index (χ0n) is 19.3. The minimum atomic E-state index is 0. The Morgan fingerprint density at radius 3 is 2.56 bits per heavy atom. The van der Waals surface area contributed by atoms with Crippen molar-refractivity contribution in [3.8, 4) is 11.5 Å². The molecule has 8 nitrogen and oxygen atoms in total. The molecule has 0 aliphatic carbocycles. The van der Waals surface area contributed by atoms with Gasteiger partial charge in [-0.2, -0.15) is 0 Å². The van der Waals surface area contributed by atoms with Crippen molar-refractivity contribution in [1.82, 2.24) is 20.1 Å². The Morgan fingerprint density at radius 2 is 1.81 bits per heavy atom. The van der Waals surface area contributed by atoms with E-state index in [9.17, 15) is 0 Å². The lowest BCUT2D eigenvalue weighted by Gasteiger charge is -2.14. The number of ether oxygens (including phenoxy) is 2. The highest BCUT2D eigenvalue weighted by Crippen LogP contribution is 2.32.